The van der Waals surface area contributed by atoms with E-state index in [1.165, 1.54) is 0 Å². The molecule has 0 heterocycles. The summed E-state index contributed by atoms with van der Waals surface area (Å²) in [6.45, 7) is 1.97. The molecule has 0 fully saturated rings. The minimum Gasteiger partial charge on any atom is -0.507 e. The maximum Gasteiger partial charge on any atom is 0.123 e. The van der Waals surface area contributed by atoms with Gasteiger partial charge in [0.2, 0.25) is 0 Å². The third-order valence-electron chi connectivity index (χ3n) is 2.04. The molecule has 2 heteroatoms. The number of rotatable bonds is 0. The zero-order chi connectivity index (χ0) is 9.42. The van der Waals surface area contributed by atoms with Gasteiger partial charge in [-0.2, -0.15) is 0 Å². The third-order valence-corrected chi connectivity index (χ3v) is 2.53. The van der Waals surface area contributed by atoms with Crippen LogP contribution in [0, 0.1) is 6.92 Å². The Morgan fingerprint density at radius 2 is 1.92 bits per heavy atom. The number of aryl methyl sites for hydroxylation is 1. The van der Waals surface area contributed by atoms with Gasteiger partial charge in [0.05, 0.1) is 0 Å². The summed E-state index contributed by atoms with van der Waals surface area (Å²) in [5, 5.41) is 11.6. The van der Waals surface area contributed by atoms with Crippen molar-refractivity contribution in [2.45, 2.75) is 6.92 Å². The van der Waals surface area contributed by atoms with Gasteiger partial charge < -0.3 is 5.11 Å². The highest BCUT2D eigenvalue weighted by atomic mass is 79.9. The summed E-state index contributed by atoms with van der Waals surface area (Å²) in [5.41, 5.74) is 1.07. The predicted molar refractivity (Wildman–Crippen MR) is 58.0 cm³/mol. The van der Waals surface area contributed by atoms with Crippen LogP contribution in [0.15, 0.2) is 34.8 Å². The van der Waals surface area contributed by atoms with Crippen molar-refractivity contribution in [1.29, 1.82) is 0 Å². The van der Waals surface area contributed by atoms with Gasteiger partial charge in [0.25, 0.3) is 0 Å². The smallest absolute Gasteiger partial charge is 0.123 e. The first-order valence-corrected chi connectivity index (χ1v) is 4.85. The van der Waals surface area contributed by atoms with Crippen molar-refractivity contribution in [1.82, 2.24) is 0 Å². The Bertz CT molecular complexity index is 458. The second kappa shape index (κ2) is 3.04. The summed E-state index contributed by atoms with van der Waals surface area (Å²) in [7, 11) is 0. The molecule has 1 N–H and O–H groups in total. The van der Waals surface area contributed by atoms with E-state index in [1.54, 1.807) is 6.07 Å². The van der Waals surface area contributed by atoms with E-state index in [9.17, 15) is 5.11 Å². The van der Waals surface area contributed by atoms with E-state index in [2.05, 4.69) is 22.0 Å². The molecule has 0 aliphatic rings. The SMILES string of the molecule is Cc1cc(O)c2ccc(Br)cc2c1. The molecule has 1 nitrogen and oxygen atoms in total. The average Bonchev–Trinajstić information content (AvgIpc) is 2.02. The van der Waals surface area contributed by atoms with Crippen molar-refractivity contribution in [2.75, 3.05) is 0 Å². The quantitative estimate of drug-likeness (QED) is 0.741. The topological polar surface area (TPSA) is 20.2 Å². The van der Waals surface area contributed by atoms with Crippen molar-refractivity contribution in [3.8, 4) is 5.75 Å². The molecule has 0 saturated heterocycles. The number of fused-ring (bicyclic) bond motifs is 1. The molecule has 2 aromatic carbocycles. The lowest BCUT2D eigenvalue weighted by atomic mass is 10.1. The molecule has 66 valence electrons. The van der Waals surface area contributed by atoms with Crippen LogP contribution < -0.4 is 0 Å². The summed E-state index contributed by atoms with van der Waals surface area (Å²) < 4.78 is 1.03. The zero-order valence-corrected chi connectivity index (χ0v) is 8.80. The molecule has 13 heavy (non-hydrogen) atoms. The van der Waals surface area contributed by atoms with E-state index < -0.39 is 0 Å². The standard InChI is InChI=1S/C11H9BrO/c1-7-4-8-6-9(12)2-3-10(8)11(13)5-7/h2-6,13H,1H3. The fraction of sp³-hybridized carbons (Fsp3) is 0.0909. The molecule has 0 spiro atoms. The molecule has 2 aromatic rings. The maximum atomic E-state index is 9.63. The molecule has 0 unspecified atom stereocenters. The normalized spacial score (nSPS) is 10.6. The van der Waals surface area contributed by atoms with Crippen LogP contribution in [0.1, 0.15) is 5.56 Å². The van der Waals surface area contributed by atoms with Crippen molar-refractivity contribution in [3.05, 3.63) is 40.4 Å². The fourth-order valence-electron chi connectivity index (χ4n) is 1.47. The van der Waals surface area contributed by atoms with Gasteiger partial charge in [0.1, 0.15) is 5.75 Å². The van der Waals surface area contributed by atoms with E-state index in [-0.39, 0.29) is 0 Å². The lowest BCUT2D eigenvalue weighted by molar-refractivity contribution is 0.481. The number of aromatic hydroxyl groups is 1. The van der Waals surface area contributed by atoms with Gasteiger partial charge in [-0.1, -0.05) is 22.0 Å². The maximum absolute atomic E-state index is 9.63. The van der Waals surface area contributed by atoms with Crippen molar-refractivity contribution in [3.63, 3.8) is 0 Å². The van der Waals surface area contributed by atoms with E-state index in [1.807, 2.05) is 25.1 Å². The van der Waals surface area contributed by atoms with Crippen LogP contribution in [0.5, 0.6) is 5.75 Å². The minimum absolute atomic E-state index is 0.350. The Balaban J connectivity index is 2.86. The second-order valence-electron chi connectivity index (χ2n) is 3.15. The molecule has 2 rings (SSSR count). The highest BCUT2D eigenvalue weighted by Crippen LogP contribution is 2.28. The summed E-state index contributed by atoms with van der Waals surface area (Å²) in [6.07, 6.45) is 0. The van der Waals surface area contributed by atoms with Gasteiger partial charge in [0, 0.05) is 9.86 Å². The van der Waals surface area contributed by atoms with Crippen LogP contribution >= 0.6 is 15.9 Å². The molecular formula is C11H9BrO. The minimum atomic E-state index is 0.350. The number of hydrogen-bond donors (Lipinski definition) is 1. The zero-order valence-electron chi connectivity index (χ0n) is 7.21. The Morgan fingerprint density at radius 3 is 2.69 bits per heavy atom. The lowest BCUT2D eigenvalue weighted by Crippen LogP contribution is -1.77. The average molecular weight is 237 g/mol. The Morgan fingerprint density at radius 1 is 1.15 bits per heavy atom. The van der Waals surface area contributed by atoms with Gasteiger partial charge in [0.15, 0.2) is 0 Å². The molecule has 0 saturated carbocycles. The third kappa shape index (κ3) is 1.54. The first kappa shape index (κ1) is 8.57. The first-order valence-electron chi connectivity index (χ1n) is 4.06. The first-order chi connectivity index (χ1) is 6.16. The van der Waals surface area contributed by atoms with Gasteiger partial charge in [-0.15, -0.1) is 0 Å². The van der Waals surface area contributed by atoms with Gasteiger partial charge in [-0.25, -0.2) is 0 Å². The van der Waals surface area contributed by atoms with Crippen LogP contribution in [0.2, 0.25) is 0 Å². The van der Waals surface area contributed by atoms with Crippen molar-refractivity contribution >= 4 is 26.7 Å². The van der Waals surface area contributed by atoms with Crippen LogP contribution in [-0.4, -0.2) is 5.11 Å². The molecular weight excluding hydrogens is 228 g/mol. The summed E-state index contributed by atoms with van der Waals surface area (Å²) in [6, 6.07) is 9.67. The summed E-state index contributed by atoms with van der Waals surface area (Å²) in [4.78, 5) is 0. The number of phenols is 1. The van der Waals surface area contributed by atoms with Gasteiger partial charge >= 0.3 is 0 Å². The molecule has 0 bridgehead atoms. The number of phenolic OH excluding ortho intramolecular Hbond substituents is 1. The van der Waals surface area contributed by atoms with E-state index in [4.69, 9.17) is 0 Å². The van der Waals surface area contributed by atoms with Crippen LogP contribution in [0.4, 0.5) is 0 Å². The monoisotopic (exact) mass is 236 g/mol. The lowest BCUT2D eigenvalue weighted by Gasteiger charge is -2.03. The Hall–Kier alpha value is -1.02. The van der Waals surface area contributed by atoms with Crippen LogP contribution in [0.25, 0.3) is 10.8 Å². The fourth-order valence-corrected chi connectivity index (χ4v) is 1.85. The molecule has 0 atom stereocenters. The van der Waals surface area contributed by atoms with Crippen molar-refractivity contribution < 1.29 is 5.11 Å². The highest BCUT2D eigenvalue weighted by Gasteiger charge is 2.00. The Kier molecular flexibility index (Phi) is 2.00. The second-order valence-corrected chi connectivity index (χ2v) is 4.07. The van der Waals surface area contributed by atoms with Crippen molar-refractivity contribution in [2.24, 2.45) is 0 Å². The summed E-state index contributed by atoms with van der Waals surface area (Å²) in [5.74, 6) is 0.350. The predicted octanol–water partition coefficient (Wildman–Crippen LogP) is 3.62. The van der Waals surface area contributed by atoms with E-state index in [0.717, 1.165) is 20.8 Å². The molecule has 0 radical (unpaired) electrons. The molecule has 0 aliphatic carbocycles. The molecule has 0 aliphatic heterocycles. The van der Waals surface area contributed by atoms with Crippen LogP contribution in [0.3, 0.4) is 0 Å². The number of benzene rings is 2. The summed E-state index contributed by atoms with van der Waals surface area (Å²) >= 11 is 3.40. The molecule has 0 aromatic heterocycles. The van der Waals surface area contributed by atoms with E-state index >= 15 is 0 Å². The highest BCUT2D eigenvalue weighted by molar-refractivity contribution is 9.10. The molecule has 0 amide bonds. The van der Waals surface area contributed by atoms with Gasteiger partial charge in [-0.3, -0.25) is 0 Å². The number of hydrogen-bond acceptors (Lipinski definition) is 1. The van der Waals surface area contributed by atoms with E-state index in [0.29, 0.717) is 5.75 Å². The number of halogens is 1. The largest absolute Gasteiger partial charge is 0.507 e. The Labute approximate surface area is 85.1 Å². The van der Waals surface area contributed by atoms with Crippen LogP contribution in [-0.2, 0) is 0 Å². The van der Waals surface area contributed by atoms with Gasteiger partial charge in [-0.05, 0) is 42.1 Å².